The summed E-state index contributed by atoms with van der Waals surface area (Å²) < 4.78 is 0. The van der Waals surface area contributed by atoms with Crippen molar-refractivity contribution >= 4 is 23.2 Å². The Kier molecular flexibility index (Phi) is 6.56. The molecule has 2 bridgehead atoms. The molecule has 2 atom stereocenters. The zero-order chi connectivity index (χ0) is 21.8. The summed E-state index contributed by atoms with van der Waals surface area (Å²) in [6.45, 7) is 0.407. The van der Waals surface area contributed by atoms with Gasteiger partial charge in [0.05, 0.1) is 6.54 Å². The standard InChI is InChI=1S/C25H32N4O2/c1-28(2)21-13-11-19(12-14-21)26-24(30)17-29-22-9-6-10-23(29)16-20(15-22)27-25(31)18-7-4-3-5-8-18/h3-5,7-8,11-14,20,22-23H,6,9-10,15-17H2,1-2H3,(H,26,30)(H,27,31)/t22-,23-/m1/s1. The van der Waals surface area contributed by atoms with E-state index in [1.54, 1.807) is 0 Å². The molecule has 2 saturated heterocycles. The molecule has 0 aromatic heterocycles. The first kappa shape index (κ1) is 21.4. The summed E-state index contributed by atoms with van der Waals surface area (Å²) in [6.07, 6.45) is 5.16. The molecule has 31 heavy (non-hydrogen) atoms. The van der Waals surface area contributed by atoms with Gasteiger partial charge in [-0.3, -0.25) is 14.5 Å². The molecule has 6 nitrogen and oxygen atoms in total. The smallest absolute Gasteiger partial charge is 0.251 e. The summed E-state index contributed by atoms with van der Waals surface area (Å²) in [5, 5.41) is 6.26. The van der Waals surface area contributed by atoms with E-state index in [0.29, 0.717) is 24.2 Å². The van der Waals surface area contributed by atoms with Gasteiger partial charge >= 0.3 is 0 Å². The molecule has 2 aromatic rings. The van der Waals surface area contributed by atoms with Crippen molar-refractivity contribution in [1.29, 1.82) is 0 Å². The molecule has 0 aliphatic carbocycles. The van der Waals surface area contributed by atoms with Crippen molar-refractivity contribution < 1.29 is 9.59 Å². The Morgan fingerprint density at radius 3 is 2.23 bits per heavy atom. The maximum absolute atomic E-state index is 12.7. The van der Waals surface area contributed by atoms with E-state index in [4.69, 9.17) is 0 Å². The van der Waals surface area contributed by atoms with Crippen LogP contribution in [0.4, 0.5) is 11.4 Å². The molecule has 2 N–H and O–H groups in total. The number of amides is 2. The maximum Gasteiger partial charge on any atom is 0.251 e. The molecule has 0 unspecified atom stereocenters. The topological polar surface area (TPSA) is 64.7 Å². The molecule has 2 aliphatic rings. The third-order valence-corrected chi connectivity index (χ3v) is 6.49. The molecule has 2 aliphatic heterocycles. The lowest BCUT2D eigenvalue weighted by Gasteiger charge is -2.48. The minimum atomic E-state index is -0.00367. The molecular formula is C25H32N4O2. The summed E-state index contributed by atoms with van der Waals surface area (Å²) in [5.41, 5.74) is 2.63. The van der Waals surface area contributed by atoms with Gasteiger partial charge in [-0.1, -0.05) is 24.6 Å². The predicted molar refractivity (Wildman–Crippen MR) is 124 cm³/mol. The van der Waals surface area contributed by atoms with E-state index in [9.17, 15) is 9.59 Å². The second kappa shape index (κ2) is 9.52. The number of carbonyl (C=O) groups is 2. The Bertz CT molecular complexity index is 883. The van der Waals surface area contributed by atoms with Gasteiger partial charge in [-0.25, -0.2) is 0 Å². The number of fused-ring (bicyclic) bond motifs is 2. The third-order valence-electron chi connectivity index (χ3n) is 6.49. The van der Waals surface area contributed by atoms with E-state index >= 15 is 0 Å². The molecular weight excluding hydrogens is 388 g/mol. The van der Waals surface area contributed by atoms with E-state index in [2.05, 4.69) is 15.5 Å². The van der Waals surface area contributed by atoms with Gasteiger partial charge in [0.15, 0.2) is 0 Å². The fourth-order valence-electron chi connectivity index (χ4n) is 4.92. The highest BCUT2D eigenvalue weighted by atomic mass is 16.2. The van der Waals surface area contributed by atoms with Crippen LogP contribution < -0.4 is 15.5 Å². The first-order valence-corrected chi connectivity index (χ1v) is 11.2. The lowest BCUT2D eigenvalue weighted by molar-refractivity contribution is -0.120. The van der Waals surface area contributed by atoms with Gasteiger partial charge in [0, 0.05) is 49.2 Å². The second-order valence-corrected chi connectivity index (χ2v) is 8.91. The van der Waals surface area contributed by atoms with E-state index in [-0.39, 0.29) is 17.9 Å². The molecule has 0 radical (unpaired) electrons. The molecule has 0 saturated carbocycles. The SMILES string of the molecule is CN(C)c1ccc(NC(=O)CN2[C@@H]3CCC[C@@H]2CC(NC(=O)c2ccccc2)C3)cc1. The fraction of sp³-hybridized carbons (Fsp3) is 0.440. The molecule has 0 spiro atoms. The molecule has 2 amide bonds. The number of rotatable bonds is 6. The van der Waals surface area contributed by atoms with Gasteiger partial charge in [0.2, 0.25) is 5.91 Å². The first-order chi connectivity index (χ1) is 15.0. The van der Waals surface area contributed by atoms with Crippen molar-refractivity contribution in [2.24, 2.45) is 0 Å². The minimum Gasteiger partial charge on any atom is -0.378 e. The lowest BCUT2D eigenvalue weighted by atomic mass is 9.81. The summed E-state index contributed by atoms with van der Waals surface area (Å²) in [7, 11) is 4.00. The van der Waals surface area contributed by atoms with Crippen LogP contribution in [-0.2, 0) is 4.79 Å². The quantitative estimate of drug-likeness (QED) is 0.751. The number of carbonyl (C=O) groups excluding carboxylic acids is 2. The average molecular weight is 421 g/mol. The van der Waals surface area contributed by atoms with Crippen LogP contribution in [0.5, 0.6) is 0 Å². The second-order valence-electron chi connectivity index (χ2n) is 8.91. The van der Waals surface area contributed by atoms with Crippen LogP contribution in [0.2, 0.25) is 0 Å². The normalized spacial score (nSPS) is 23.1. The highest BCUT2D eigenvalue weighted by Gasteiger charge is 2.39. The largest absolute Gasteiger partial charge is 0.378 e. The van der Waals surface area contributed by atoms with Crippen molar-refractivity contribution in [2.45, 2.75) is 50.2 Å². The zero-order valence-corrected chi connectivity index (χ0v) is 18.4. The molecule has 2 heterocycles. The predicted octanol–water partition coefficient (Wildman–Crippen LogP) is 3.51. The van der Waals surface area contributed by atoms with E-state index in [1.807, 2.05) is 73.6 Å². The van der Waals surface area contributed by atoms with Gasteiger partial charge in [-0.05, 0) is 62.1 Å². The molecule has 164 valence electrons. The summed E-state index contributed by atoms with van der Waals surface area (Å²) in [4.78, 5) is 29.7. The van der Waals surface area contributed by atoms with Gasteiger partial charge < -0.3 is 15.5 Å². The van der Waals surface area contributed by atoms with Crippen LogP contribution in [-0.4, -0.2) is 55.5 Å². The average Bonchev–Trinajstić information content (AvgIpc) is 2.75. The van der Waals surface area contributed by atoms with Crippen LogP contribution in [0.1, 0.15) is 42.5 Å². The van der Waals surface area contributed by atoms with Crippen LogP contribution in [0.3, 0.4) is 0 Å². The Labute approximate surface area is 184 Å². The van der Waals surface area contributed by atoms with Crippen LogP contribution in [0, 0.1) is 0 Å². The Morgan fingerprint density at radius 1 is 0.968 bits per heavy atom. The highest BCUT2D eigenvalue weighted by Crippen LogP contribution is 2.34. The number of anilines is 2. The summed E-state index contributed by atoms with van der Waals surface area (Å²) in [5.74, 6) is 0.0253. The highest BCUT2D eigenvalue weighted by molar-refractivity contribution is 5.94. The van der Waals surface area contributed by atoms with Gasteiger partial charge in [0.25, 0.3) is 5.91 Å². The zero-order valence-electron chi connectivity index (χ0n) is 18.4. The molecule has 2 aromatic carbocycles. The number of piperidine rings is 2. The van der Waals surface area contributed by atoms with Crippen molar-refractivity contribution in [1.82, 2.24) is 10.2 Å². The van der Waals surface area contributed by atoms with Gasteiger partial charge in [-0.2, -0.15) is 0 Å². The van der Waals surface area contributed by atoms with Crippen LogP contribution in [0.15, 0.2) is 54.6 Å². The van der Waals surface area contributed by atoms with Crippen molar-refractivity contribution in [3.63, 3.8) is 0 Å². The van der Waals surface area contributed by atoms with Crippen molar-refractivity contribution in [3.8, 4) is 0 Å². The summed E-state index contributed by atoms with van der Waals surface area (Å²) in [6, 6.07) is 18.1. The Hall–Kier alpha value is -2.86. The van der Waals surface area contributed by atoms with Gasteiger partial charge in [-0.15, -0.1) is 0 Å². The number of benzene rings is 2. The summed E-state index contributed by atoms with van der Waals surface area (Å²) >= 11 is 0. The molecule has 6 heteroatoms. The lowest BCUT2D eigenvalue weighted by Crippen LogP contribution is -2.58. The number of nitrogens with zero attached hydrogens (tertiary/aromatic N) is 2. The monoisotopic (exact) mass is 420 g/mol. The van der Waals surface area contributed by atoms with Gasteiger partial charge in [0.1, 0.15) is 0 Å². The number of nitrogens with one attached hydrogen (secondary N) is 2. The van der Waals surface area contributed by atoms with E-state index in [0.717, 1.165) is 37.1 Å². The van der Waals surface area contributed by atoms with Crippen molar-refractivity contribution in [3.05, 3.63) is 60.2 Å². The minimum absolute atomic E-state index is 0.00367. The Morgan fingerprint density at radius 2 is 1.61 bits per heavy atom. The maximum atomic E-state index is 12.7. The van der Waals surface area contributed by atoms with Crippen molar-refractivity contribution in [2.75, 3.05) is 30.9 Å². The van der Waals surface area contributed by atoms with E-state index < -0.39 is 0 Å². The first-order valence-electron chi connectivity index (χ1n) is 11.2. The Balaban J connectivity index is 1.33. The molecule has 4 rings (SSSR count). The van der Waals surface area contributed by atoms with Crippen LogP contribution >= 0.6 is 0 Å². The number of hydrogen-bond donors (Lipinski definition) is 2. The van der Waals surface area contributed by atoms with E-state index in [1.165, 1.54) is 6.42 Å². The van der Waals surface area contributed by atoms with Crippen LogP contribution in [0.25, 0.3) is 0 Å². The number of hydrogen-bond acceptors (Lipinski definition) is 4. The third kappa shape index (κ3) is 5.25. The fourth-order valence-corrected chi connectivity index (χ4v) is 4.92. The molecule has 2 fully saturated rings.